The van der Waals surface area contributed by atoms with Crippen molar-refractivity contribution in [3.05, 3.63) is 65.7 Å². The van der Waals surface area contributed by atoms with E-state index in [9.17, 15) is 0 Å². The molecule has 0 spiro atoms. The van der Waals surface area contributed by atoms with Crippen LogP contribution < -0.4 is 4.90 Å². The van der Waals surface area contributed by atoms with Crippen LogP contribution in [0.25, 0.3) is 0 Å². The molecule has 1 N–H and O–H groups in total. The van der Waals surface area contributed by atoms with Crippen LogP contribution in [0.5, 0.6) is 0 Å². The third kappa shape index (κ3) is 4.12. The van der Waals surface area contributed by atoms with Gasteiger partial charge < -0.3 is 10.0 Å². The molecule has 0 amide bonds. The molecule has 0 bridgehead atoms. The lowest BCUT2D eigenvalue weighted by Crippen LogP contribution is -2.46. The van der Waals surface area contributed by atoms with Crippen molar-refractivity contribution in [2.75, 3.05) is 25.0 Å². The van der Waals surface area contributed by atoms with Gasteiger partial charge in [-0.1, -0.05) is 42.5 Å². The second-order valence-electron chi connectivity index (χ2n) is 6.47. The molecule has 23 heavy (non-hydrogen) atoms. The molecule has 0 aliphatic carbocycles. The monoisotopic (exact) mass is 310 g/mol. The normalized spacial score (nSPS) is 18.4. The summed E-state index contributed by atoms with van der Waals surface area (Å²) in [5.74, 6) is 0. The van der Waals surface area contributed by atoms with Crippen molar-refractivity contribution in [1.82, 2.24) is 4.90 Å². The quantitative estimate of drug-likeness (QED) is 0.918. The predicted molar refractivity (Wildman–Crippen MR) is 95.5 cm³/mol. The number of aliphatic hydroxyl groups excluding tert-OH is 1. The number of piperidine rings is 1. The maximum absolute atomic E-state index is 9.14. The summed E-state index contributed by atoms with van der Waals surface area (Å²) in [4.78, 5) is 4.96. The fraction of sp³-hybridized carbons (Fsp3) is 0.400. The van der Waals surface area contributed by atoms with Gasteiger partial charge in [-0.2, -0.15) is 0 Å². The van der Waals surface area contributed by atoms with Gasteiger partial charge in [-0.25, -0.2) is 0 Å². The average molecular weight is 310 g/mol. The molecule has 122 valence electrons. The van der Waals surface area contributed by atoms with Crippen LogP contribution in [0.4, 0.5) is 5.69 Å². The van der Waals surface area contributed by atoms with Crippen LogP contribution in [0.1, 0.15) is 24.0 Å². The summed E-state index contributed by atoms with van der Waals surface area (Å²) < 4.78 is 0. The summed E-state index contributed by atoms with van der Waals surface area (Å²) in [6.45, 7) is 3.32. The molecule has 1 fully saturated rings. The lowest BCUT2D eigenvalue weighted by atomic mass is 10.0. The first-order valence-corrected chi connectivity index (χ1v) is 8.45. The molecule has 0 saturated carbocycles. The van der Waals surface area contributed by atoms with Crippen LogP contribution in [0, 0.1) is 0 Å². The van der Waals surface area contributed by atoms with E-state index in [0.717, 1.165) is 25.2 Å². The maximum Gasteiger partial charge on any atom is 0.0681 e. The number of anilines is 1. The maximum atomic E-state index is 9.14. The van der Waals surface area contributed by atoms with Gasteiger partial charge in [-0.3, -0.25) is 4.90 Å². The fourth-order valence-corrected chi connectivity index (χ4v) is 3.36. The Bertz CT molecular complexity index is 597. The van der Waals surface area contributed by atoms with Crippen molar-refractivity contribution >= 4 is 5.69 Å². The van der Waals surface area contributed by atoms with Gasteiger partial charge in [0.25, 0.3) is 0 Å². The number of benzene rings is 2. The van der Waals surface area contributed by atoms with E-state index in [0.29, 0.717) is 6.04 Å². The van der Waals surface area contributed by atoms with E-state index in [1.54, 1.807) is 0 Å². The molecule has 3 rings (SSSR count). The molecule has 3 heteroatoms. The molecule has 3 nitrogen and oxygen atoms in total. The molecule has 1 unspecified atom stereocenters. The summed E-state index contributed by atoms with van der Waals surface area (Å²) in [5, 5.41) is 9.14. The molecular weight excluding hydrogens is 284 g/mol. The number of rotatable bonds is 5. The lowest BCUT2D eigenvalue weighted by Gasteiger charge is -2.39. The highest BCUT2D eigenvalue weighted by Gasteiger charge is 2.23. The third-order valence-corrected chi connectivity index (χ3v) is 4.78. The number of nitrogens with zero attached hydrogens (tertiary/aromatic N) is 2. The van der Waals surface area contributed by atoms with E-state index < -0.39 is 0 Å². The van der Waals surface area contributed by atoms with Gasteiger partial charge in [0.05, 0.1) is 6.61 Å². The van der Waals surface area contributed by atoms with E-state index in [2.05, 4.69) is 59.3 Å². The Kier molecular flexibility index (Phi) is 5.31. The Morgan fingerprint density at radius 2 is 1.74 bits per heavy atom. The van der Waals surface area contributed by atoms with Crippen molar-refractivity contribution < 1.29 is 5.11 Å². The molecule has 1 aliphatic heterocycles. The standard InChI is InChI=1S/C20H26N2O/c1-21(14-17-9-11-18(16-23)12-10-17)20-8-5-13-22(15-20)19-6-3-2-4-7-19/h2-4,6-7,9-12,20,23H,5,8,13-16H2,1H3. The summed E-state index contributed by atoms with van der Waals surface area (Å²) in [7, 11) is 2.22. The zero-order valence-electron chi connectivity index (χ0n) is 13.9. The highest BCUT2D eigenvalue weighted by molar-refractivity contribution is 5.46. The zero-order valence-corrected chi connectivity index (χ0v) is 13.9. The van der Waals surface area contributed by atoms with Crippen molar-refractivity contribution in [3.8, 4) is 0 Å². The van der Waals surface area contributed by atoms with E-state index in [1.165, 1.54) is 24.1 Å². The van der Waals surface area contributed by atoms with Crippen molar-refractivity contribution in [3.63, 3.8) is 0 Å². The van der Waals surface area contributed by atoms with Gasteiger partial charge in [0.1, 0.15) is 0 Å². The summed E-state index contributed by atoms with van der Waals surface area (Å²) in [5.41, 5.74) is 3.61. The van der Waals surface area contributed by atoms with Gasteiger partial charge >= 0.3 is 0 Å². The summed E-state index contributed by atoms with van der Waals surface area (Å²) in [6.07, 6.45) is 2.50. The van der Waals surface area contributed by atoms with Crippen molar-refractivity contribution in [2.45, 2.75) is 32.0 Å². The molecule has 1 heterocycles. The van der Waals surface area contributed by atoms with Crippen LogP contribution in [0.3, 0.4) is 0 Å². The van der Waals surface area contributed by atoms with Crippen molar-refractivity contribution in [2.24, 2.45) is 0 Å². The Labute approximate surface area is 139 Å². The van der Waals surface area contributed by atoms with Crippen LogP contribution in [-0.2, 0) is 13.2 Å². The molecule has 1 aliphatic rings. The van der Waals surface area contributed by atoms with Gasteiger partial charge in [0.2, 0.25) is 0 Å². The number of aliphatic hydroxyl groups is 1. The smallest absolute Gasteiger partial charge is 0.0681 e. The van der Waals surface area contributed by atoms with Gasteiger partial charge in [-0.05, 0) is 43.1 Å². The molecule has 2 aromatic rings. The average Bonchev–Trinajstić information content (AvgIpc) is 2.63. The molecule has 0 aromatic heterocycles. The van der Waals surface area contributed by atoms with E-state index in [-0.39, 0.29) is 6.61 Å². The van der Waals surface area contributed by atoms with Gasteiger partial charge in [0.15, 0.2) is 0 Å². The predicted octanol–water partition coefficient (Wildman–Crippen LogP) is 3.28. The number of para-hydroxylation sites is 1. The number of hydrogen-bond acceptors (Lipinski definition) is 3. The van der Waals surface area contributed by atoms with Gasteiger partial charge in [-0.15, -0.1) is 0 Å². The Morgan fingerprint density at radius 3 is 2.43 bits per heavy atom. The zero-order chi connectivity index (χ0) is 16.1. The van der Waals surface area contributed by atoms with Gasteiger partial charge in [0, 0.05) is 31.4 Å². The largest absolute Gasteiger partial charge is 0.392 e. The lowest BCUT2D eigenvalue weighted by molar-refractivity contribution is 0.208. The topological polar surface area (TPSA) is 26.7 Å². The van der Waals surface area contributed by atoms with E-state index >= 15 is 0 Å². The highest BCUT2D eigenvalue weighted by atomic mass is 16.3. The van der Waals surface area contributed by atoms with Crippen LogP contribution in [-0.4, -0.2) is 36.2 Å². The van der Waals surface area contributed by atoms with E-state index in [1.807, 2.05) is 12.1 Å². The first-order chi connectivity index (χ1) is 11.3. The van der Waals surface area contributed by atoms with Crippen LogP contribution in [0.2, 0.25) is 0 Å². The number of hydrogen-bond donors (Lipinski definition) is 1. The SMILES string of the molecule is CN(Cc1ccc(CO)cc1)C1CCCN(c2ccccc2)C1. The second-order valence-corrected chi connectivity index (χ2v) is 6.47. The molecular formula is C20H26N2O. The molecule has 1 saturated heterocycles. The molecule has 1 atom stereocenters. The minimum absolute atomic E-state index is 0.116. The first-order valence-electron chi connectivity index (χ1n) is 8.45. The Hall–Kier alpha value is -1.84. The summed E-state index contributed by atoms with van der Waals surface area (Å²) >= 11 is 0. The van der Waals surface area contributed by atoms with Crippen molar-refractivity contribution in [1.29, 1.82) is 0 Å². The summed E-state index contributed by atoms with van der Waals surface area (Å²) in [6, 6.07) is 19.6. The highest BCUT2D eigenvalue weighted by Crippen LogP contribution is 2.22. The molecule has 2 aromatic carbocycles. The van der Waals surface area contributed by atoms with Crippen LogP contribution >= 0.6 is 0 Å². The minimum atomic E-state index is 0.116. The second kappa shape index (κ2) is 7.62. The fourth-order valence-electron chi connectivity index (χ4n) is 3.36. The van der Waals surface area contributed by atoms with Crippen LogP contribution in [0.15, 0.2) is 54.6 Å². The minimum Gasteiger partial charge on any atom is -0.392 e. The Morgan fingerprint density at radius 1 is 1.04 bits per heavy atom. The molecule has 0 radical (unpaired) electrons. The van der Waals surface area contributed by atoms with E-state index in [4.69, 9.17) is 5.11 Å². The Balaban J connectivity index is 1.61. The third-order valence-electron chi connectivity index (χ3n) is 4.78. The number of likely N-dealkylation sites (N-methyl/N-ethyl adjacent to an activating group) is 1. The first kappa shape index (κ1) is 16.0.